The van der Waals surface area contributed by atoms with Crippen molar-refractivity contribution < 1.29 is 14.5 Å². The number of hydrogen-bond donors (Lipinski definition) is 1. The van der Waals surface area contributed by atoms with Crippen molar-refractivity contribution in [2.45, 2.75) is 32.4 Å². The maximum absolute atomic E-state index is 12.4. The second kappa shape index (κ2) is 10.6. The molecule has 0 saturated carbocycles. The highest BCUT2D eigenvalue weighted by Gasteiger charge is 2.34. The molecule has 198 valence electrons. The molecule has 1 aromatic carbocycles. The van der Waals surface area contributed by atoms with E-state index >= 15 is 0 Å². The number of carbonyl (C=O) groups is 1. The highest BCUT2D eigenvalue weighted by molar-refractivity contribution is 5.96. The number of fused-ring (bicyclic) bond motifs is 4. The smallest absolute Gasteiger partial charge is 0.320 e. The first kappa shape index (κ1) is 25.3. The molecule has 1 amide bonds. The van der Waals surface area contributed by atoms with Crippen LogP contribution in [0.3, 0.4) is 0 Å². The molecule has 4 heterocycles. The Hall–Kier alpha value is -4.32. The van der Waals surface area contributed by atoms with Gasteiger partial charge in [-0.2, -0.15) is 10.2 Å². The molecule has 1 fully saturated rings. The number of aryl methyl sites for hydroxylation is 1. The van der Waals surface area contributed by atoms with Gasteiger partial charge in [0.2, 0.25) is 5.69 Å². The molecule has 1 N–H and O–H groups in total. The second-order valence-electron chi connectivity index (χ2n) is 9.69. The van der Waals surface area contributed by atoms with Crippen molar-refractivity contribution in [1.82, 2.24) is 24.7 Å². The van der Waals surface area contributed by atoms with Gasteiger partial charge in [-0.25, -0.2) is 5.43 Å². The van der Waals surface area contributed by atoms with Crippen molar-refractivity contribution in [3.05, 3.63) is 85.6 Å². The van der Waals surface area contributed by atoms with E-state index in [1.165, 1.54) is 24.1 Å². The van der Waals surface area contributed by atoms with Gasteiger partial charge in [-0.3, -0.25) is 29.3 Å². The highest BCUT2D eigenvalue weighted by Crippen LogP contribution is 2.36. The Balaban J connectivity index is 1.30. The quantitative estimate of drug-likeness (QED) is 0.274. The van der Waals surface area contributed by atoms with Gasteiger partial charge in [-0.15, -0.1) is 0 Å². The van der Waals surface area contributed by atoms with E-state index in [4.69, 9.17) is 4.74 Å². The van der Waals surface area contributed by atoms with Gasteiger partial charge in [0.15, 0.2) is 0 Å². The summed E-state index contributed by atoms with van der Waals surface area (Å²) in [4.78, 5) is 37.6. The molecule has 2 aromatic heterocycles. The summed E-state index contributed by atoms with van der Waals surface area (Å²) in [5.74, 6) is 0.735. The molecule has 2 bridgehead atoms. The van der Waals surface area contributed by atoms with Crippen molar-refractivity contribution >= 4 is 17.8 Å². The molecule has 12 heteroatoms. The van der Waals surface area contributed by atoms with Crippen molar-refractivity contribution in [2.24, 2.45) is 18.1 Å². The number of pyridine rings is 1. The van der Waals surface area contributed by atoms with Crippen LogP contribution in [0.1, 0.15) is 46.6 Å². The number of aromatic nitrogens is 3. The third kappa shape index (κ3) is 5.21. The maximum atomic E-state index is 12.4. The Morgan fingerprint density at radius 2 is 2.13 bits per heavy atom. The number of nitrogens with one attached hydrogen (secondary N) is 1. The summed E-state index contributed by atoms with van der Waals surface area (Å²) in [7, 11) is 1.50. The van der Waals surface area contributed by atoms with Gasteiger partial charge in [0, 0.05) is 56.5 Å². The third-order valence-corrected chi connectivity index (χ3v) is 6.93. The summed E-state index contributed by atoms with van der Waals surface area (Å²) < 4.78 is 9.01. The van der Waals surface area contributed by atoms with Crippen LogP contribution in [-0.4, -0.2) is 56.0 Å². The summed E-state index contributed by atoms with van der Waals surface area (Å²) in [6.45, 7) is 5.61. The molecule has 38 heavy (non-hydrogen) atoms. The van der Waals surface area contributed by atoms with Gasteiger partial charge in [0.25, 0.3) is 11.5 Å². The lowest BCUT2D eigenvalue weighted by Gasteiger charge is -2.43. The van der Waals surface area contributed by atoms with E-state index in [1.807, 2.05) is 35.8 Å². The summed E-state index contributed by atoms with van der Waals surface area (Å²) in [5, 5.41) is 19.0. The Morgan fingerprint density at radius 3 is 2.92 bits per heavy atom. The molecule has 0 spiro atoms. The van der Waals surface area contributed by atoms with E-state index < -0.39 is 10.8 Å². The Bertz CT molecular complexity index is 1460. The fraction of sp³-hybridized carbons (Fsp3) is 0.385. The van der Waals surface area contributed by atoms with Crippen molar-refractivity contribution in [2.75, 3.05) is 19.7 Å². The van der Waals surface area contributed by atoms with Crippen LogP contribution in [0.15, 0.2) is 52.5 Å². The predicted octanol–water partition coefficient (Wildman–Crippen LogP) is 2.27. The van der Waals surface area contributed by atoms with Gasteiger partial charge < -0.3 is 9.30 Å². The van der Waals surface area contributed by atoms with E-state index in [0.717, 1.165) is 48.6 Å². The lowest BCUT2D eigenvalue weighted by molar-refractivity contribution is -0.385. The SMILES string of the molecule is CCOc1ccc(C=NNC(=O)c2nn(C)cc2[N+](=O)[O-])cc1CN1CC2CC(C1)c1cccc(=O)n1C2. The highest BCUT2D eigenvalue weighted by atomic mass is 16.6. The fourth-order valence-electron chi connectivity index (χ4n) is 5.45. The Labute approximate surface area is 218 Å². The molecule has 3 aromatic rings. The van der Waals surface area contributed by atoms with Crippen LogP contribution < -0.4 is 15.7 Å². The molecule has 0 radical (unpaired) electrons. The van der Waals surface area contributed by atoms with Crippen LogP contribution in [0, 0.1) is 16.0 Å². The van der Waals surface area contributed by atoms with Crippen LogP contribution in [0.25, 0.3) is 0 Å². The van der Waals surface area contributed by atoms with Crippen molar-refractivity contribution in [1.29, 1.82) is 0 Å². The Kier molecular flexibility index (Phi) is 7.05. The third-order valence-electron chi connectivity index (χ3n) is 6.93. The van der Waals surface area contributed by atoms with Crippen LogP contribution in [0.2, 0.25) is 0 Å². The number of ether oxygens (including phenoxy) is 1. The van der Waals surface area contributed by atoms with Gasteiger partial charge in [-0.1, -0.05) is 6.07 Å². The standard InChI is InChI=1S/C26H29N7O5/c1-3-38-23-8-7-17(11-27-28-26(35)25-22(33(36)37)16-30(2)29-25)9-20(23)15-31-12-18-10-19(14-31)21-5-4-6-24(34)32(21)13-18/h4-9,11,16,18-19H,3,10,12-15H2,1-2H3,(H,28,35). The summed E-state index contributed by atoms with van der Waals surface area (Å²) in [6.07, 6.45) is 3.74. The average Bonchev–Trinajstić information content (AvgIpc) is 3.28. The number of benzene rings is 1. The van der Waals surface area contributed by atoms with E-state index in [1.54, 1.807) is 6.07 Å². The minimum Gasteiger partial charge on any atom is -0.494 e. The van der Waals surface area contributed by atoms with Crippen LogP contribution >= 0.6 is 0 Å². The zero-order valence-electron chi connectivity index (χ0n) is 21.2. The van der Waals surface area contributed by atoms with Gasteiger partial charge in [0.05, 0.1) is 17.7 Å². The van der Waals surface area contributed by atoms with Gasteiger partial charge in [0.1, 0.15) is 11.9 Å². The molecule has 2 atom stereocenters. The second-order valence-corrected chi connectivity index (χ2v) is 9.69. The zero-order valence-corrected chi connectivity index (χ0v) is 21.2. The molecule has 0 aliphatic carbocycles. The lowest BCUT2D eigenvalue weighted by atomic mass is 9.83. The first-order valence-electron chi connectivity index (χ1n) is 12.5. The Morgan fingerprint density at radius 1 is 1.29 bits per heavy atom. The summed E-state index contributed by atoms with van der Waals surface area (Å²) in [6, 6.07) is 11.2. The van der Waals surface area contributed by atoms with Crippen molar-refractivity contribution in [3.63, 3.8) is 0 Å². The van der Waals surface area contributed by atoms with Crippen molar-refractivity contribution in [3.8, 4) is 5.75 Å². The molecule has 2 aliphatic rings. The molecular formula is C26H29N7O5. The number of hydrazone groups is 1. The minimum atomic E-state index is -0.765. The van der Waals surface area contributed by atoms with Gasteiger partial charge >= 0.3 is 5.69 Å². The monoisotopic (exact) mass is 519 g/mol. The fourth-order valence-corrected chi connectivity index (χ4v) is 5.45. The number of nitro groups is 1. The summed E-state index contributed by atoms with van der Waals surface area (Å²) >= 11 is 0. The maximum Gasteiger partial charge on any atom is 0.320 e. The largest absolute Gasteiger partial charge is 0.494 e. The molecule has 2 aliphatic heterocycles. The molecule has 2 unspecified atom stereocenters. The number of nitrogens with zero attached hydrogens (tertiary/aromatic N) is 6. The molecule has 1 saturated heterocycles. The molecular weight excluding hydrogens is 490 g/mol. The number of likely N-dealkylation sites (tertiary alicyclic amines) is 1. The molecule has 12 nitrogen and oxygen atoms in total. The van der Waals surface area contributed by atoms with E-state index in [2.05, 4.69) is 26.6 Å². The predicted molar refractivity (Wildman–Crippen MR) is 139 cm³/mol. The van der Waals surface area contributed by atoms with Gasteiger partial charge in [-0.05, 0) is 49.1 Å². The van der Waals surface area contributed by atoms with Crippen LogP contribution in [0.5, 0.6) is 5.75 Å². The topological polar surface area (TPSA) is 137 Å². The minimum absolute atomic E-state index is 0.0704. The number of hydrogen-bond acceptors (Lipinski definition) is 8. The summed E-state index contributed by atoms with van der Waals surface area (Å²) in [5.41, 5.74) is 4.54. The van der Waals surface area contributed by atoms with E-state index in [-0.39, 0.29) is 16.9 Å². The number of carbonyl (C=O) groups excluding carboxylic acids is 1. The van der Waals surface area contributed by atoms with Crippen LogP contribution in [-0.2, 0) is 20.1 Å². The number of rotatable bonds is 8. The molecule has 5 rings (SSSR count). The van der Waals surface area contributed by atoms with Crippen LogP contribution in [0.4, 0.5) is 5.69 Å². The number of amides is 1. The zero-order chi connectivity index (χ0) is 26.8. The first-order chi connectivity index (χ1) is 18.3. The normalized spacial score (nSPS) is 18.8. The number of piperidine rings is 1. The van der Waals surface area contributed by atoms with E-state index in [9.17, 15) is 19.7 Å². The van der Waals surface area contributed by atoms with E-state index in [0.29, 0.717) is 25.0 Å². The first-order valence-corrected chi connectivity index (χ1v) is 12.5. The average molecular weight is 520 g/mol. The lowest BCUT2D eigenvalue weighted by Crippen LogP contribution is -2.46.